The molecule has 0 saturated carbocycles. The summed E-state index contributed by atoms with van der Waals surface area (Å²) in [5.74, 6) is -1.56. The molecule has 3 unspecified atom stereocenters. The van der Waals surface area contributed by atoms with E-state index in [1.165, 1.54) is 96.3 Å². The van der Waals surface area contributed by atoms with Crippen molar-refractivity contribution in [3.05, 3.63) is 85.1 Å². The quantitative estimate of drug-likeness (QED) is 0.0197. The molecule has 0 radical (unpaired) electrons. The van der Waals surface area contributed by atoms with Gasteiger partial charge >= 0.3 is 25.7 Å². The number of carbonyl (C=O) groups excluding carboxylic acids is 3. The number of hydrogen-bond donors (Lipinski definition) is 2. The lowest BCUT2D eigenvalue weighted by molar-refractivity contribution is -0.161. The second-order valence-electron chi connectivity index (χ2n) is 19.4. The van der Waals surface area contributed by atoms with E-state index >= 15 is 0 Å². The maximum atomic E-state index is 12.9. The molecule has 0 bridgehead atoms. The number of hydrogen-bond acceptors (Lipinski definition) is 10. The van der Waals surface area contributed by atoms with Crippen molar-refractivity contribution in [2.24, 2.45) is 0 Å². The molecule has 0 heterocycles. The SMILES string of the molecule is CC/C=C\C/C=C\C/C=C\C/C=C\CCC(=O)OC(CO)COP(=O)(O)OCC(COC(=O)CCCCCCCC/C=C\C/C=C\C/C=C\CCCCC)OC(=O)CCCCCCCCCCCCCCCCC. The van der Waals surface area contributed by atoms with Crippen LogP contribution in [0.4, 0.5) is 0 Å². The highest BCUT2D eigenvalue weighted by molar-refractivity contribution is 7.47. The van der Waals surface area contributed by atoms with Gasteiger partial charge in [-0.1, -0.05) is 234 Å². The van der Waals surface area contributed by atoms with Crippen LogP contribution >= 0.6 is 7.82 Å². The molecule has 0 aliphatic carbocycles. The molecule has 3 atom stereocenters. The van der Waals surface area contributed by atoms with E-state index in [0.29, 0.717) is 19.3 Å². The maximum absolute atomic E-state index is 12.9. The van der Waals surface area contributed by atoms with E-state index in [-0.39, 0.29) is 25.9 Å². The Morgan fingerprint density at radius 1 is 0.392 bits per heavy atom. The van der Waals surface area contributed by atoms with E-state index in [4.69, 9.17) is 23.3 Å². The molecule has 0 aliphatic rings. The number of unbranched alkanes of at least 4 members (excludes halogenated alkanes) is 23. The predicted molar refractivity (Wildman–Crippen MR) is 307 cm³/mol. The Morgan fingerprint density at radius 2 is 0.730 bits per heavy atom. The summed E-state index contributed by atoms with van der Waals surface area (Å²) in [7, 11) is -4.77. The minimum atomic E-state index is -4.77. The molecule has 11 nitrogen and oxygen atoms in total. The van der Waals surface area contributed by atoms with Gasteiger partial charge in [0.1, 0.15) is 12.7 Å². The van der Waals surface area contributed by atoms with Crippen LogP contribution in [0.1, 0.15) is 252 Å². The third kappa shape index (κ3) is 53.5. The topological polar surface area (TPSA) is 155 Å². The van der Waals surface area contributed by atoms with Gasteiger partial charge in [0.2, 0.25) is 0 Å². The van der Waals surface area contributed by atoms with E-state index in [0.717, 1.165) is 96.3 Å². The van der Waals surface area contributed by atoms with Crippen LogP contribution in [0.15, 0.2) is 85.1 Å². The maximum Gasteiger partial charge on any atom is 0.472 e. The Kier molecular flexibility index (Phi) is 53.4. The molecule has 0 rings (SSSR count). The molecule has 0 fully saturated rings. The van der Waals surface area contributed by atoms with Gasteiger partial charge in [0.05, 0.1) is 19.8 Å². The lowest BCUT2D eigenvalue weighted by atomic mass is 10.0. The summed E-state index contributed by atoms with van der Waals surface area (Å²) in [6.07, 6.45) is 64.1. The number of esters is 3. The number of ether oxygens (including phenoxy) is 3. The van der Waals surface area contributed by atoms with Crippen molar-refractivity contribution in [1.82, 2.24) is 0 Å². The average Bonchev–Trinajstić information content (AvgIpc) is 3.39. The first-order chi connectivity index (χ1) is 36.2. The standard InChI is InChI=1S/C62H107O11P/c1-4-7-10-13-16-19-22-25-27-28-29-30-32-34-36-39-42-45-48-51-60(64)69-55-59(73-62(66)53-50-47-44-41-38-35-31-26-23-20-17-14-11-8-5-2)57-71-74(67,68)70-56-58(54-63)72-61(65)52-49-46-43-40-37-33-24-21-18-15-12-9-6-3/h9,12,16,18-19,21,25,27,29-30,33,37,43,46,58-59,63H,4-8,10-11,13-15,17,20,22-24,26,28,31-32,34-36,38-42,44-45,47-57H2,1-3H3,(H,67,68)/b12-9-,19-16-,21-18-,27-25-,30-29-,37-33-,46-43-. The highest BCUT2D eigenvalue weighted by Gasteiger charge is 2.28. The third-order valence-corrected chi connectivity index (χ3v) is 13.3. The van der Waals surface area contributed by atoms with Gasteiger partial charge in [0.25, 0.3) is 0 Å². The zero-order chi connectivity index (χ0) is 54.1. The van der Waals surface area contributed by atoms with Crippen LogP contribution < -0.4 is 0 Å². The van der Waals surface area contributed by atoms with E-state index in [1.807, 2.05) is 12.2 Å². The summed E-state index contributed by atoms with van der Waals surface area (Å²) >= 11 is 0. The summed E-state index contributed by atoms with van der Waals surface area (Å²) in [6.45, 7) is 4.42. The molecule has 0 amide bonds. The Hall–Kier alpha value is -3.34. The van der Waals surface area contributed by atoms with Crippen molar-refractivity contribution in [1.29, 1.82) is 0 Å². The van der Waals surface area contributed by atoms with Gasteiger partial charge in [-0.25, -0.2) is 4.57 Å². The van der Waals surface area contributed by atoms with Gasteiger partial charge in [0.15, 0.2) is 6.10 Å². The van der Waals surface area contributed by atoms with E-state index in [2.05, 4.69) is 93.7 Å². The van der Waals surface area contributed by atoms with Gasteiger partial charge in [-0.2, -0.15) is 0 Å². The molecule has 0 aromatic carbocycles. The molecule has 0 saturated heterocycles. The molecular weight excluding hydrogens is 952 g/mol. The van der Waals surface area contributed by atoms with Crippen molar-refractivity contribution in [3.8, 4) is 0 Å². The molecule has 12 heteroatoms. The first-order valence-corrected chi connectivity index (χ1v) is 31.0. The van der Waals surface area contributed by atoms with Gasteiger partial charge in [-0.15, -0.1) is 0 Å². The lowest BCUT2D eigenvalue weighted by Gasteiger charge is -2.21. The number of aliphatic hydroxyl groups is 1. The van der Waals surface area contributed by atoms with Crippen molar-refractivity contribution in [3.63, 3.8) is 0 Å². The molecule has 0 aromatic heterocycles. The van der Waals surface area contributed by atoms with Crippen LogP contribution in [-0.2, 0) is 42.2 Å². The van der Waals surface area contributed by atoms with Crippen molar-refractivity contribution in [2.75, 3.05) is 26.4 Å². The average molecular weight is 1060 g/mol. The van der Waals surface area contributed by atoms with Crippen LogP contribution in [0.3, 0.4) is 0 Å². The Morgan fingerprint density at radius 3 is 1.19 bits per heavy atom. The van der Waals surface area contributed by atoms with Crippen molar-refractivity contribution in [2.45, 2.75) is 264 Å². The summed E-state index contributed by atoms with van der Waals surface area (Å²) in [5.41, 5.74) is 0. The second kappa shape index (κ2) is 55.9. The first-order valence-electron chi connectivity index (χ1n) is 29.5. The van der Waals surface area contributed by atoms with E-state index in [1.54, 1.807) is 0 Å². The Labute approximate surface area is 451 Å². The number of phosphoric acid groups is 1. The minimum Gasteiger partial charge on any atom is -0.462 e. The number of rotatable bonds is 54. The predicted octanol–water partition coefficient (Wildman–Crippen LogP) is 17.5. The summed E-state index contributed by atoms with van der Waals surface area (Å²) < 4.78 is 39.4. The monoisotopic (exact) mass is 1060 g/mol. The van der Waals surface area contributed by atoms with Gasteiger partial charge in [0, 0.05) is 19.3 Å². The number of aliphatic hydroxyl groups excluding tert-OH is 1. The fourth-order valence-electron chi connectivity index (χ4n) is 7.85. The molecule has 74 heavy (non-hydrogen) atoms. The van der Waals surface area contributed by atoms with Gasteiger partial charge in [-0.05, 0) is 83.5 Å². The number of carbonyl (C=O) groups is 3. The molecule has 0 aromatic rings. The van der Waals surface area contributed by atoms with Crippen molar-refractivity contribution < 1.29 is 52.2 Å². The summed E-state index contributed by atoms with van der Waals surface area (Å²) in [4.78, 5) is 48.5. The van der Waals surface area contributed by atoms with E-state index in [9.17, 15) is 28.9 Å². The Balaban J connectivity index is 4.78. The van der Waals surface area contributed by atoms with Crippen LogP contribution in [0.5, 0.6) is 0 Å². The van der Waals surface area contributed by atoms with Crippen molar-refractivity contribution >= 4 is 25.7 Å². The molecule has 0 aliphatic heterocycles. The zero-order valence-electron chi connectivity index (χ0n) is 47.0. The highest BCUT2D eigenvalue weighted by atomic mass is 31.2. The zero-order valence-corrected chi connectivity index (χ0v) is 47.9. The van der Waals surface area contributed by atoms with Crippen LogP contribution in [0, 0.1) is 0 Å². The summed E-state index contributed by atoms with van der Waals surface area (Å²) in [6, 6.07) is 0. The summed E-state index contributed by atoms with van der Waals surface area (Å²) in [5, 5.41) is 9.79. The van der Waals surface area contributed by atoms with E-state index < -0.39 is 57.8 Å². The lowest BCUT2D eigenvalue weighted by Crippen LogP contribution is -2.30. The largest absolute Gasteiger partial charge is 0.472 e. The van der Waals surface area contributed by atoms with Crippen LogP contribution in [-0.4, -0.2) is 66.5 Å². The van der Waals surface area contributed by atoms with Gasteiger partial charge < -0.3 is 24.2 Å². The number of phosphoric ester groups is 1. The molecule has 0 spiro atoms. The fourth-order valence-corrected chi connectivity index (χ4v) is 8.63. The van der Waals surface area contributed by atoms with Gasteiger partial charge in [-0.3, -0.25) is 23.4 Å². The number of allylic oxidation sites excluding steroid dienone is 14. The smallest absolute Gasteiger partial charge is 0.462 e. The first kappa shape index (κ1) is 70.7. The molecule has 2 N–H and O–H groups in total. The Bertz CT molecular complexity index is 1560. The minimum absolute atomic E-state index is 0.0535. The highest BCUT2D eigenvalue weighted by Crippen LogP contribution is 2.43. The second-order valence-corrected chi connectivity index (χ2v) is 20.9. The fraction of sp³-hybridized carbons (Fsp3) is 0.726. The molecule has 426 valence electrons. The van der Waals surface area contributed by atoms with Crippen LogP contribution in [0.25, 0.3) is 0 Å². The third-order valence-electron chi connectivity index (χ3n) is 12.3. The van der Waals surface area contributed by atoms with Crippen LogP contribution in [0.2, 0.25) is 0 Å². The molecular formula is C62H107O11P. The normalized spacial score (nSPS) is 14.0.